The third-order valence-corrected chi connectivity index (χ3v) is 23.5. The van der Waals surface area contributed by atoms with Gasteiger partial charge in [0, 0.05) is 72.2 Å². The molecule has 4 aromatic heterocycles. The monoisotopic (exact) mass is 1700 g/mol. The summed E-state index contributed by atoms with van der Waals surface area (Å²) in [5.74, 6) is -2.20. The van der Waals surface area contributed by atoms with Crippen LogP contribution < -0.4 is 32.7 Å². The molecular formula is C52H88N14O34P6S2. The Morgan fingerprint density at radius 2 is 0.833 bits per heavy atom. The Morgan fingerprint density at radius 3 is 1.15 bits per heavy atom. The van der Waals surface area contributed by atoms with Crippen molar-refractivity contribution in [3.8, 4) is 0 Å². The highest BCUT2D eigenvalue weighted by Gasteiger charge is 2.53. The van der Waals surface area contributed by atoms with E-state index in [9.17, 15) is 116 Å². The summed E-state index contributed by atoms with van der Waals surface area (Å²) in [7, 11) is -32.8. The molecule has 0 aromatic carbocycles. The van der Waals surface area contributed by atoms with Crippen LogP contribution >= 0.6 is 70.5 Å². The minimum atomic E-state index is -5.56. The third-order valence-electron chi connectivity index (χ3n) is 14.7. The molecule has 4 amide bonds. The van der Waals surface area contributed by atoms with E-state index in [2.05, 4.69) is 68.8 Å². The van der Waals surface area contributed by atoms with Crippen LogP contribution in [0.2, 0.25) is 0 Å². The Bertz CT molecular complexity index is 3870. The number of hydrogen-bond donors (Lipinski definition) is 18. The summed E-state index contributed by atoms with van der Waals surface area (Å²) >= 11 is 2.15. The van der Waals surface area contributed by atoms with E-state index >= 15 is 0 Å². The second-order valence-corrected chi connectivity index (χ2v) is 37.5. The van der Waals surface area contributed by atoms with Gasteiger partial charge in [0.15, 0.2) is 45.6 Å². The van der Waals surface area contributed by atoms with E-state index in [1.807, 2.05) is 0 Å². The van der Waals surface area contributed by atoms with Gasteiger partial charge in [-0.05, 0) is 0 Å². The van der Waals surface area contributed by atoms with Crippen molar-refractivity contribution in [1.82, 2.24) is 60.3 Å². The van der Waals surface area contributed by atoms with Crippen molar-refractivity contribution in [3.63, 3.8) is 0 Å². The van der Waals surface area contributed by atoms with E-state index in [1.54, 1.807) is 41.5 Å². The van der Waals surface area contributed by atoms with Crippen LogP contribution in [0, 0.1) is 21.7 Å². The summed E-state index contributed by atoms with van der Waals surface area (Å²) in [5.41, 5.74) is 7.47. The van der Waals surface area contributed by atoms with Crippen molar-refractivity contribution in [2.75, 3.05) is 75.6 Å². The Hall–Kier alpha value is -4.88. The van der Waals surface area contributed by atoms with Gasteiger partial charge in [-0.3, -0.25) is 65.0 Å². The van der Waals surface area contributed by atoms with Gasteiger partial charge in [-0.25, -0.2) is 57.3 Å². The first-order valence-corrected chi connectivity index (χ1v) is 42.6. The molecule has 48 nitrogen and oxygen atoms in total. The number of aromatic nitrogens is 8. The largest absolute Gasteiger partial charge is 0.481 e. The normalized spacial score (nSPS) is 22.4. The van der Waals surface area contributed by atoms with Crippen LogP contribution in [-0.2, 0) is 101 Å². The fourth-order valence-electron chi connectivity index (χ4n) is 8.98. The number of carbonyl (C=O) groups is 6. The molecule has 6 rings (SSSR count). The molecule has 4 unspecified atom stereocenters. The number of nitrogens with zero attached hydrogens (tertiary/aromatic N) is 8. The lowest BCUT2D eigenvalue weighted by Crippen LogP contribution is -2.46. The van der Waals surface area contributed by atoms with Crippen molar-refractivity contribution in [2.45, 2.75) is 143 Å². The standard InChI is InChI=1S/2C26H44N7O17P3S/c2*1-25(2,3)24(38)54-9-8-28-15(34)6-7-29-22(37)19(36)26(4,5)11-47-53(44,45)50-52(42,43)46-10-14-18(49-51(39,40)41)17(35)23(48-14)33-13-32-16-20(27)30-12-31-21(16)33/h2*12-14,17-19,23,35-36H,6-11H2,1-5H3,(H,28,34)(H,29,37)(H,42,43)(H,44,45)(H2,27,30,31)(H2,39,40,41)/t2*14-,17-,18-,19+,23-/m11/s1. The van der Waals surface area contributed by atoms with Crippen LogP contribution in [0.3, 0.4) is 0 Å². The first kappa shape index (κ1) is 93.7. The number of nitrogen functional groups attached to an aromatic ring is 2. The zero-order valence-corrected chi connectivity index (χ0v) is 66.1. The number of carbonyl (C=O) groups excluding carboxylic acids is 6. The number of hydrogen-bond acceptors (Lipinski definition) is 36. The molecule has 56 heteroatoms. The Kier molecular flexibility index (Phi) is 33.2. The molecule has 108 heavy (non-hydrogen) atoms. The lowest BCUT2D eigenvalue weighted by molar-refractivity contribution is -0.137. The number of nitrogens with one attached hydrogen (secondary N) is 4. The summed E-state index contributed by atoms with van der Waals surface area (Å²) in [6.45, 7) is 11.7. The highest BCUT2D eigenvalue weighted by molar-refractivity contribution is 8.14. The van der Waals surface area contributed by atoms with Gasteiger partial charge in [-0.1, -0.05) is 92.8 Å². The van der Waals surface area contributed by atoms with E-state index in [1.165, 1.54) is 27.7 Å². The van der Waals surface area contributed by atoms with Crippen LogP contribution in [-0.4, -0.2) is 245 Å². The number of thioether (sulfide) groups is 2. The van der Waals surface area contributed by atoms with E-state index in [-0.39, 0.29) is 83.2 Å². The van der Waals surface area contributed by atoms with Crippen molar-refractivity contribution < 1.29 is 161 Å². The number of fused-ring (bicyclic) bond motifs is 2. The molecule has 2 aliphatic heterocycles. The predicted octanol–water partition coefficient (Wildman–Crippen LogP) is -0.578. The average molecular weight is 1700 g/mol. The number of imidazole rings is 2. The highest BCUT2D eigenvalue weighted by atomic mass is 32.2. The number of phosphoric acid groups is 6. The van der Waals surface area contributed by atoms with E-state index in [0.29, 0.717) is 11.5 Å². The van der Waals surface area contributed by atoms with Gasteiger partial charge in [0.05, 0.1) is 39.1 Å². The zero-order valence-electron chi connectivity index (χ0n) is 59.1. The number of aliphatic hydroxyl groups excluding tert-OH is 4. The average Bonchev–Trinajstić information content (AvgIpc) is 1.67. The summed E-state index contributed by atoms with van der Waals surface area (Å²) < 4.78 is 124. The second-order valence-electron chi connectivity index (χ2n) is 26.9. The summed E-state index contributed by atoms with van der Waals surface area (Å²) in [5, 5.41) is 52.6. The topological polar surface area (TPSA) is 727 Å². The summed E-state index contributed by atoms with van der Waals surface area (Å²) in [6, 6.07) is 0. The number of phosphoric ester groups is 6. The van der Waals surface area contributed by atoms with Crippen molar-refractivity contribution >= 4 is 138 Å². The number of ether oxygens (including phenoxy) is 2. The Balaban J connectivity index is 0.000000387. The molecule has 0 radical (unpaired) electrons. The smallest absolute Gasteiger partial charge is 0.386 e. The van der Waals surface area contributed by atoms with Crippen molar-refractivity contribution in [1.29, 1.82) is 0 Å². The Labute approximate surface area is 622 Å². The first-order valence-electron chi connectivity index (χ1n) is 31.6. The van der Waals surface area contributed by atoms with Crippen molar-refractivity contribution in [2.24, 2.45) is 21.7 Å². The number of anilines is 2. The van der Waals surface area contributed by atoms with Crippen LogP contribution in [0.25, 0.3) is 22.3 Å². The third kappa shape index (κ3) is 28.9. The van der Waals surface area contributed by atoms with E-state index < -0.39 is 180 Å². The molecule has 14 atom stereocenters. The van der Waals surface area contributed by atoms with E-state index in [0.717, 1.165) is 58.0 Å². The van der Waals surface area contributed by atoms with Gasteiger partial charge in [0.2, 0.25) is 23.6 Å². The maximum absolute atomic E-state index is 12.7. The molecule has 2 fully saturated rings. The summed E-state index contributed by atoms with van der Waals surface area (Å²) in [6.07, 6.45) is -13.8. The lowest BCUT2D eigenvalue weighted by atomic mass is 9.87. The van der Waals surface area contributed by atoms with Crippen LogP contribution in [0.15, 0.2) is 25.3 Å². The van der Waals surface area contributed by atoms with Crippen LogP contribution in [0.5, 0.6) is 0 Å². The minimum Gasteiger partial charge on any atom is -0.386 e. The number of amides is 4. The van der Waals surface area contributed by atoms with Gasteiger partial charge in [-0.15, -0.1) is 0 Å². The predicted molar refractivity (Wildman–Crippen MR) is 373 cm³/mol. The van der Waals surface area contributed by atoms with Gasteiger partial charge < -0.3 is 102 Å². The molecule has 20 N–H and O–H groups in total. The molecule has 2 saturated heterocycles. The fourth-order valence-corrected chi connectivity index (χ4v) is 16.3. The maximum Gasteiger partial charge on any atom is 0.481 e. The van der Waals surface area contributed by atoms with Crippen LogP contribution in [0.1, 0.15) is 94.5 Å². The number of rotatable bonds is 38. The number of nitrogens with two attached hydrogens (primary N) is 2. The molecule has 0 saturated carbocycles. The second kappa shape index (κ2) is 38.3. The molecule has 612 valence electrons. The highest BCUT2D eigenvalue weighted by Crippen LogP contribution is 2.63. The van der Waals surface area contributed by atoms with Gasteiger partial charge in [0.1, 0.15) is 72.5 Å². The van der Waals surface area contributed by atoms with Gasteiger partial charge in [0.25, 0.3) is 0 Å². The van der Waals surface area contributed by atoms with Gasteiger partial charge >= 0.3 is 46.9 Å². The molecule has 0 aliphatic carbocycles. The Morgan fingerprint density at radius 1 is 0.509 bits per heavy atom. The molecule has 2 aliphatic rings. The van der Waals surface area contributed by atoms with Gasteiger partial charge in [-0.2, -0.15) is 8.62 Å². The summed E-state index contributed by atoms with van der Waals surface area (Å²) in [4.78, 5) is 175. The quantitative estimate of drug-likeness (QED) is 0.0197. The fraction of sp³-hybridized carbons (Fsp3) is 0.692. The minimum absolute atomic E-state index is 0.0307. The molecular weight excluding hydrogens is 1610 g/mol. The van der Waals surface area contributed by atoms with Crippen LogP contribution in [0.4, 0.5) is 11.6 Å². The SMILES string of the molecule is CC(C)(C)C(=O)SCCNC(=O)CCNC(=O)[C@H](O)C(C)(C)COP(=O)(O)OP(=O)(O)OC[C@H]1O[C@@H](n2cnc3c(N)ncnc32)[C@H](O)[C@@H]1OP(=O)(O)O.CC(C)(C)C(=O)SCCNC(=O)CCNC(=O)[C@H](O)C(C)(C)COP(=O)(O)OP(=O)(O)OC[C@H]1O[C@@H](n2cnc3c(N)ncnc32)[C@H](O)[C@@H]1OP(=O)(O)O. The molecule has 0 spiro atoms. The number of aliphatic hydroxyl groups is 4. The maximum atomic E-state index is 12.7. The van der Waals surface area contributed by atoms with Crippen molar-refractivity contribution in [3.05, 3.63) is 25.3 Å². The molecule has 6 heterocycles. The first-order chi connectivity index (χ1) is 49.5. The van der Waals surface area contributed by atoms with E-state index in [4.69, 9.17) is 39.0 Å². The molecule has 4 aromatic rings. The lowest BCUT2D eigenvalue weighted by Gasteiger charge is -2.30. The zero-order chi connectivity index (χ0) is 81.7. The molecule has 0 bridgehead atoms.